The number of carbonyl (C=O) groups is 1. The van der Waals surface area contributed by atoms with Gasteiger partial charge in [0.05, 0.1) is 10.6 Å². The third kappa shape index (κ3) is 4.69. The van der Waals surface area contributed by atoms with Crippen LogP contribution in [0, 0.1) is 11.7 Å². The fourth-order valence-corrected chi connectivity index (χ4v) is 6.05. The van der Waals surface area contributed by atoms with Crippen LogP contribution in [0.25, 0.3) is 0 Å². The van der Waals surface area contributed by atoms with Gasteiger partial charge in [0.1, 0.15) is 5.82 Å². The summed E-state index contributed by atoms with van der Waals surface area (Å²) in [5.41, 5.74) is 2.37. The van der Waals surface area contributed by atoms with Crippen molar-refractivity contribution in [1.82, 2.24) is 9.62 Å². The van der Waals surface area contributed by atoms with Gasteiger partial charge in [-0.25, -0.2) is 17.5 Å². The van der Waals surface area contributed by atoms with Crippen LogP contribution >= 0.6 is 0 Å². The lowest BCUT2D eigenvalue weighted by Crippen LogP contribution is -2.48. The van der Waals surface area contributed by atoms with Crippen LogP contribution in [0.4, 0.5) is 15.8 Å². The number of amides is 1. The number of hydrogen-bond donors (Lipinski definition) is 1. The molecule has 2 aromatic rings. The standard InChI is InChI=1S/C25H31FN4O3S/c1-18-16-20-17-21(8-9-23(20)30(18)25(31)19-6-7-19)34(32,33)27-10-11-28-12-14-29(15-13-28)24-5-3-2-4-22(24)26/h2-5,8-9,17-19,27H,6-7,10-16H2,1H3. The summed E-state index contributed by atoms with van der Waals surface area (Å²) < 4.78 is 42.5. The summed E-state index contributed by atoms with van der Waals surface area (Å²) in [6.07, 6.45) is 2.57. The van der Waals surface area contributed by atoms with E-state index >= 15 is 0 Å². The summed E-state index contributed by atoms with van der Waals surface area (Å²) in [4.78, 5) is 18.9. The molecular weight excluding hydrogens is 455 g/mol. The minimum absolute atomic E-state index is 0.0528. The molecule has 2 aromatic carbocycles. The Morgan fingerprint density at radius 2 is 1.79 bits per heavy atom. The fourth-order valence-electron chi connectivity index (χ4n) is 4.98. The zero-order chi connectivity index (χ0) is 23.9. The lowest BCUT2D eigenvalue weighted by atomic mass is 10.1. The zero-order valence-electron chi connectivity index (χ0n) is 19.4. The number of nitrogens with one attached hydrogen (secondary N) is 1. The van der Waals surface area contributed by atoms with E-state index in [9.17, 15) is 17.6 Å². The van der Waals surface area contributed by atoms with Gasteiger partial charge in [0.25, 0.3) is 0 Å². The number of carbonyl (C=O) groups excluding carboxylic acids is 1. The van der Waals surface area contributed by atoms with Crippen molar-refractivity contribution in [3.05, 3.63) is 53.8 Å². The highest BCUT2D eigenvalue weighted by molar-refractivity contribution is 7.89. The number of halogens is 1. The predicted octanol–water partition coefficient (Wildman–Crippen LogP) is 2.61. The quantitative estimate of drug-likeness (QED) is 0.652. The zero-order valence-corrected chi connectivity index (χ0v) is 20.2. The van der Waals surface area contributed by atoms with Crippen LogP contribution in [0.1, 0.15) is 25.3 Å². The summed E-state index contributed by atoms with van der Waals surface area (Å²) >= 11 is 0. The van der Waals surface area contributed by atoms with Crippen molar-refractivity contribution in [3.63, 3.8) is 0 Å². The van der Waals surface area contributed by atoms with Crippen LogP contribution < -0.4 is 14.5 Å². The molecule has 0 radical (unpaired) electrons. The number of benzene rings is 2. The molecule has 1 atom stereocenters. The number of hydrogen-bond acceptors (Lipinski definition) is 5. The summed E-state index contributed by atoms with van der Waals surface area (Å²) in [6, 6.07) is 11.9. The van der Waals surface area contributed by atoms with Gasteiger partial charge in [0.2, 0.25) is 15.9 Å². The lowest BCUT2D eigenvalue weighted by molar-refractivity contribution is -0.120. The van der Waals surface area contributed by atoms with Crippen LogP contribution in [-0.2, 0) is 21.2 Å². The van der Waals surface area contributed by atoms with E-state index in [1.807, 2.05) is 22.8 Å². The largest absolute Gasteiger partial charge is 0.367 e. The van der Waals surface area contributed by atoms with Crippen LogP contribution in [-0.4, -0.2) is 64.5 Å². The Bertz CT molecular complexity index is 1180. The molecule has 0 spiro atoms. The Kier molecular flexibility index (Phi) is 6.35. The van der Waals surface area contributed by atoms with Gasteiger partial charge >= 0.3 is 0 Å². The molecular formula is C25H31FN4O3S. The molecule has 1 saturated heterocycles. The van der Waals surface area contributed by atoms with Crippen molar-refractivity contribution in [3.8, 4) is 0 Å². The van der Waals surface area contributed by atoms with Gasteiger partial charge in [-0.1, -0.05) is 12.1 Å². The van der Waals surface area contributed by atoms with E-state index in [2.05, 4.69) is 9.62 Å². The van der Waals surface area contributed by atoms with Crippen LogP contribution in [0.2, 0.25) is 0 Å². The molecule has 7 nitrogen and oxygen atoms in total. The Labute approximate surface area is 200 Å². The van der Waals surface area contributed by atoms with Crippen molar-refractivity contribution in [2.24, 2.45) is 5.92 Å². The molecule has 34 heavy (non-hydrogen) atoms. The number of sulfonamides is 1. The normalized spacial score (nSPS) is 21.1. The molecule has 1 aliphatic carbocycles. The maximum atomic E-state index is 14.0. The lowest BCUT2D eigenvalue weighted by Gasteiger charge is -2.36. The SMILES string of the molecule is CC1Cc2cc(S(=O)(=O)NCCN3CCN(c4ccccc4F)CC3)ccc2N1C(=O)C1CC1. The molecule has 0 bridgehead atoms. The summed E-state index contributed by atoms with van der Waals surface area (Å²) in [7, 11) is -3.64. The van der Waals surface area contributed by atoms with Crippen LogP contribution in [0.15, 0.2) is 47.4 Å². The van der Waals surface area contributed by atoms with Crippen molar-refractivity contribution in [2.45, 2.75) is 37.1 Å². The molecule has 1 N–H and O–H groups in total. The topological polar surface area (TPSA) is 73.0 Å². The van der Waals surface area contributed by atoms with E-state index in [0.29, 0.717) is 38.3 Å². The fraction of sp³-hybridized carbons (Fsp3) is 0.480. The first-order valence-corrected chi connectivity index (χ1v) is 13.5. The monoisotopic (exact) mass is 486 g/mol. The number of anilines is 2. The highest BCUT2D eigenvalue weighted by Crippen LogP contribution is 2.39. The average molecular weight is 487 g/mol. The molecule has 1 amide bonds. The summed E-state index contributed by atoms with van der Waals surface area (Å²) in [5, 5.41) is 0. The minimum Gasteiger partial charge on any atom is -0.367 e. The molecule has 5 rings (SSSR count). The van der Waals surface area contributed by atoms with Gasteiger partial charge < -0.3 is 9.80 Å². The Morgan fingerprint density at radius 1 is 1.06 bits per heavy atom. The van der Waals surface area contributed by atoms with Gasteiger partial charge in [-0.3, -0.25) is 9.69 Å². The van der Waals surface area contributed by atoms with Gasteiger partial charge in [-0.2, -0.15) is 0 Å². The predicted molar refractivity (Wildman–Crippen MR) is 130 cm³/mol. The molecule has 2 fully saturated rings. The van der Waals surface area contributed by atoms with Crippen molar-refractivity contribution >= 4 is 27.3 Å². The van der Waals surface area contributed by atoms with Crippen molar-refractivity contribution < 1.29 is 17.6 Å². The van der Waals surface area contributed by atoms with Crippen molar-refractivity contribution in [2.75, 3.05) is 49.1 Å². The van der Waals surface area contributed by atoms with E-state index in [4.69, 9.17) is 0 Å². The second-order valence-electron chi connectivity index (χ2n) is 9.50. The molecule has 1 saturated carbocycles. The Balaban J connectivity index is 1.15. The number of rotatable bonds is 7. The highest BCUT2D eigenvalue weighted by atomic mass is 32.2. The van der Waals surface area contributed by atoms with E-state index < -0.39 is 10.0 Å². The van der Waals surface area contributed by atoms with Crippen LogP contribution in [0.5, 0.6) is 0 Å². The third-order valence-electron chi connectivity index (χ3n) is 7.03. The maximum absolute atomic E-state index is 14.0. The second kappa shape index (κ2) is 9.28. The Morgan fingerprint density at radius 3 is 2.50 bits per heavy atom. The number of para-hydroxylation sites is 1. The first-order chi connectivity index (χ1) is 16.3. The minimum atomic E-state index is -3.64. The molecule has 0 aromatic heterocycles. The summed E-state index contributed by atoms with van der Waals surface area (Å²) in [6.45, 7) is 5.81. The molecule has 9 heteroatoms. The average Bonchev–Trinajstić information content (AvgIpc) is 3.61. The summed E-state index contributed by atoms with van der Waals surface area (Å²) in [5.74, 6) is 0.0783. The van der Waals surface area contributed by atoms with Gasteiger partial charge in [0, 0.05) is 56.9 Å². The van der Waals surface area contributed by atoms with Gasteiger partial charge in [-0.05, 0) is 62.1 Å². The first kappa shape index (κ1) is 23.3. The van der Waals surface area contributed by atoms with E-state index in [1.54, 1.807) is 30.3 Å². The number of fused-ring (bicyclic) bond motifs is 1. The first-order valence-electron chi connectivity index (χ1n) is 12.0. The van der Waals surface area contributed by atoms with Gasteiger partial charge in [-0.15, -0.1) is 0 Å². The van der Waals surface area contributed by atoms with Crippen LogP contribution in [0.3, 0.4) is 0 Å². The second-order valence-corrected chi connectivity index (χ2v) is 11.3. The number of nitrogens with zero attached hydrogens (tertiary/aromatic N) is 3. The molecule has 182 valence electrons. The third-order valence-corrected chi connectivity index (χ3v) is 8.49. The Hall–Kier alpha value is -2.49. The molecule has 2 aliphatic heterocycles. The molecule has 3 aliphatic rings. The number of piperazine rings is 1. The molecule has 1 unspecified atom stereocenters. The van der Waals surface area contributed by atoms with E-state index in [0.717, 1.165) is 37.2 Å². The maximum Gasteiger partial charge on any atom is 0.240 e. The van der Waals surface area contributed by atoms with Gasteiger partial charge in [0.15, 0.2) is 0 Å². The van der Waals surface area contributed by atoms with E-state index in [1.165, 1.54) is 6.07 Å². The van der Waals surface area contributed by atoms with Crippen molar-refractivity contribution in [1.29, 1.82) is 0 Å². The highest BCUT2D eigenvalue weighted by Gasteiger charge is 2.39. The van der Waals surface area contributed by atoms with E-state index in [-0.39, 0.29) is 28.6 Å². The smallest absolute Gasteiger partial charge is 0.240 e. The molecule has 2 heterocycles.